The van der Waals surface area contributed by atoms with Crippen molar-refractivity contribution in [2.75, 3.05) is 7.11 Å². The van der Waals surface area contributed by atoms with Gasteiger partial charge in [-0.25, -0.2) is 0 Å². The summed E-state index contributed by atoms with van der Waals surface area (Å²) in [7, 11) is 0.0233. The minimum Gasteiger partial charge on any atom is -0.497 e. The van der Waals surface area contributed by atoms with E-state index in [2.05, 4.69) is 77.1 Å². The fourth-order valence-corrected chi connectivity index (χ4v) is 9.99. The lowest BCUT2D eigenvalue weighted by Gasteiger charge is -2.38. The number of methoxy groups -OCH3 is 1. The van der Waals surface area contributed by atoms with E-state index in [1.807, 2.05) is 12.1 Å². The summed E-state index contributed by atoms with van der Waals surface area (Å²) in [6.45, 7) is 14.1. The average molecular weight is 391 g/mol. The molecule has 0 amide bonds. The SMILES string of the molecule is C#Cc1c(CCC#C[Si](C(C)C)(C(C)C)C(C)C)ccc2ccc(OC)cc12. The molecule has 0 aliphatic heterocycles. The van der Waals surface area contributed by atoms with Crippen molar-refractivity contribution >= 4 is 18.8 Å². The highest BCUT2D eigenvalue weighted by Crippen LogP contribution is 2.40. The van der Waals surface area contributed by atoms with Gasteiger partial charge >= 0.3 is 0 Å². The van der Waals surface area contributed by atoms with Crippen LogP contribution in [0, 0.1) is 23.8 Å². The number of hydrogen-bond donors (Lipinski definition) is 0. The molecular formula is C26H34OSi. The normalized spacial score (nSPS) is 11.6. The molecule has 0 radical (unpaired) electrons. The third-order valence-electron chi connectivity index (χ3n) is 6.15. The van der Waals surface area contributed by atoms with E-state index in [0.717, 1.165) is 34.9 Å². The minimum absolute atomic E-state index is 0.661. The number of fused-ring (bicyclic) bond motifs is 1. The predicted molar refractivity (Wildman–Crippen MR) is 126 cm³/mol. The van der Waals surface area contributed by atoms with Gasteiger partial charge in [0.1, 0.15) is 13.8 Å². The molecule has 148 valence electrons. The lowest BCUT2D eigenvalue weighted by molar-refractivity contribution is 0.415. The standard InChI is InChI=1S/C26H34OSi/c1-9-25-22(13-14-23-15-16-24(27-8)18-26(23)25)12-10-11-17-28(19(2)3,20(4)5)21(6)7/h1,13-16,18-21H,10,12H2,2-8H3. The molecule has 0 bridgehead atoms. The van der Waals surface area contributed by atoms with Crippen LogP contribution in [0.25, 0.3) is 10.8 Å². The van der Waals surface area contributed by atoms with Gasteiger partial charge < -0.3 is 4.74 Å². The molecule has 0 saturated carbocycles. The van der Waals surface area contributed by atoms with E-state index in [-0.39, 0.29) is 0 Å². The molecular weight excluding hydrogens is 356 g/mol. The van der Waals surface area contributed by atoms with Crippen molar-refractivity contribution in [1.82, 2.24) is 0 Å². The molecule has 0 spiro atoms. The number of hydrogen-bond acceptors (Lipinski definition) is 1. The molecule has 0 saturated heterocycles. The monoisotopic (exact) mass is 390 g/mol. The van der Waals surface area contributed by atoms with E-state index in [1.54, 1.807) is 7.11 Å². The maximum atomic E-state index is 5.88. The van der Waals surface area contributed by atoms with E-state index >= 15 is 0 Å². The molecule has 0 unspecified atom stereocenters. The van der Waals surface area contributed by atoms with Crippen molar-refractivity contribution < 1.29 is 4.74 Å². The fraction of sp³-hybridized carbons (Fsp3) is 0.462. The molecule has 2 aromatic rings. The average Bonchev–Trinajstić information content (AvgIpc) is 2.66. The van der Waals surface area contributed by atoms with Crippen LogP contribution in [0.5, 0.6) is 5.75 Å². The summed E-state index contributed by atoms with van der Waals surface area (Å²) in [5.74, 6) is 7.30. The zero-order valence-corrected chi connectivity index (χ0v) is 19.5. The lowest BCUT2D eigenvalue weighted by atomic mass is 9.96. The lowest BCUT2D eigenvalue weighted by Crippen LogP contribution is -2.43. The Kier molecular flexibility index (Phi) is 7.39. The molecule has 0 heterocycles. The van der Waals surface area contributed by atoms with E-state index in [9.17, 15) is 0 Å². The molecule has 2 rings (SSSR count). The van der Waals surface area contributed by atoms with Crippen molar-refractivity contribution in [1.29, 1.82) is 0 Å². The van der Waals surface area contributed by atoms with Gasteiger partial charge in [-0.2, -0.15) is 0 Å². The summed E-state index contributed by atoms with van der Waals surface area (Å²) in [4.78, 5) is 0. The highest BCUT2D eigenvalue weighted by Gasteiger charge is 2.41. The van der Waals surface area contributed by atoms with Gasteiger partial charge in [-0.1, -0.05) is 65.7 Å². The third-order valence-corrected chi connectivity index (χ3v) is 12.5. The van der Waals surface area contributed by atoms with Crippen LogP contribution in [0.4, 0.5) is 0 Å². The van der Waals surface area contributed by atoms with Crippen molar-refractivity contribution in [2.45, 2.75) is 71.0 Å². The van der Waals surface area contributed by atoms with E-state index in [0.29, 0.717) is 16.6 Å². The summed E-state index contributed by atoms with van der Waals surface area (Å²) >= 11 is 0. The first kappa shape index (κ1) is 22.1. The molecule has 0 aromatic heterocycles. The van der Waals surface area contributed by atoms with Crippen molar-refractivity contribution in [2.24, 2.45) is 0 Å². The molecule has 0 atom stereocenters. The van der Waals surface area contributed by atoms with Crippen LogP contribution in [-0.4, -0.2) is 15.2 Å². The Labute approximate surface area is 172 Å². The Morgan fingerprint density at radius 1 is 0.964 bits per heavy atom. The molecule has 1 nitrogen and oxygen atoms in total. The first-order valence-electron chi connectivity index (χ1n) is 10.3. The van der Waals surface area contributed by atoms with Crippen LogP contribution in [-0.2, 0) is 6.42 Å². The largest absolute Gasteiger partial charge is 0.497 e. The first-order chi connectivity index (χ1) is 13.3. The third kappa shape index (κ3) is 4.29. The van der Waals surface area contributed by atoms with Gasteiger partial charge in [0.25, 0.3) is 0 Å². The summed E-state index contributed by atoms with van der Waals surface area (Å²) in [6, 6.07) is 10.4. The highest BCUT2D eigenvalue weighted by molar-refractivity contribution is 6.90. The second kappa shape index (κ2) is 9.36. The number of benzene rings is 2. The van der Waals surface area contributed by atoms with Gasteiger partial charge in [-0.15, -0.1) is 17.9 Å². The smallest absolute Gasteiger partial charge is 0.145 e. The first-order valence-corrected chi connectivity index (χ1v) is 12.6. The van der Waals surface area contributed by atoms with Gasteiger partial charge in [0, 0.05) is 17.4 Å². The molecule has 0 aliphatic rings. The van der Waals surface area contributed by atoms with Crippen LogP contribution in [0.15, 0.2) is 30.3 Å². The maximum Gasteiger partial charge on any atom is 0.145 e. The Hall–Kier alpha value is -2.16. The Morgan fingerprint density at radius 2 is 1.57 bits per heavy atom. The zero-order valence-electron chi connectivity index (χ0n) is 18.5. The molecule has 0 fully saturated rings. The van der Waals surface area contributed by atoms with Crippen molar-refractivity contribution in [3.8, 4) is 29.6 Å². The van der Waals surface area contributed by atoms with E-state index in [4.69, 9.17) is 11.2 Å². The van der Waals surface area contributed by atoms with Gasteiger partial charge in [0.05, 0.1) is 7.11 Å². The Morgan fingerprint density at radius 3 is 2.11 bits per heavy atom. The predicted octanol–water partition coefficient (Wildman–Crippen LogP) is 6.98. The second-order valence-corrected chi connectivity index (χ2v) is 14.1. The summed E-state index contributed by atoms with van der Waals surface area (Å²) < 4.78 is 5.38. The quantitative estimate of drug-likeness (QED) is 0.382. The summed E-state index contributed by atoms with van der Waals surface area (Å²) in [5.41, 5.74) is 7.96. The number of terminal acetylenes is 1. The van der Waals surface area contributed by atoms with E-state index in [1.165, 1.54) is 5.56 Å². The molecule has 28 heavy (non-hydrogen) atoms. The summed E-state index contributed by atoms with van der Waals surface area (Å²) in [6.07, 6.45) is 7.62. The van der Waals surface area contributed by atoms with Crippen LogP contribution >= 0.6 is 0 Å². The maximum absolute atomic E-state index is 5.88. The number of ether oxygens (including phenoxy) is 1. The van der Waals surface area contributed by atoms with E-state index < -0.39 is 8.07 Å². The number of rotatable bonds is 6. The van der Waals surface area contributed by atoms with Crippen LogP contribution in [0.1, 0.15) is 59.1 Å². The summed E-state index contributed by atoms with van der Waals surface area (Å²) in [5, 5.41) is 2.23. The van der Waals surface area contributed by atoms with Gasteiger partial charge in [-0.05, 0) is 46.1 Å². The van der Waals surface area contributed by atoms with Crippen molar-refractivity contribution in [3.05, 3.63) is 41.5 Å². The van der Waals surface area contributed by atoms with Crippen LogP contribution < -0.4 is 4.74 Å². The topological polar surface area (TPSA) is 9.23 Å². The molecule has 0 aliphatic carbocycles. The Balaban J connectivity index is 2.32. The zero-order chi connectivity index (χ0) is 20.9. The van der Waals surface area contributed by atoms with Gasteiger partial charge in [0.15, 0.2) is 0 Å². The van der Waals surface area contributed by atoms with Crippen LogP contribution in [0.3, 0.4) is 0 Å². The highest BCUT2D eigenvalue weighted by atomic mass is 28.3. The molecule has 2 heteroatoms. The van der Waals surface area contributed by atoms with Gasteiger partial charge in [-0.3, -0.25) is 0 Å². The Bertz CT molecular complexity index is 897. The second-order valence-electron chi connectivity index (χ2n) is 8.53. The number of aryl methyl sites for hydroxylation is 1. The van der Waals surface area contributed by atoms with Crippen molar-refractivity contribution in [3.63, 3.8) is 0 Å². The minimum atomic E-state index is -1.66. The van der Waals surface area contributed by atoms with Crippen LogP contribution in [0.2, 0.25) is 16.6 Å². The van der Waals surface area contributed by atoms with Gasteiger partial charge in [0.2, 0.25) is 0 Å². The fourth-order valence-electron chi connectivity index (χ4n) is 4.70. The molecule has 2 aromatic carbocycles. The molecule has 0 N–H and O–H groups in total.